The number of nitrogens with two attached hydrogens (primary N) is 1. The molecular formula is C21H25N3O3. The van der Waals surface area contributed by atoms with Gasteiger partial charge in [0.1, 0.15) is 11.5 Å². The molecule has 2 aromatic rings. The van der Waals surface area contributed by atoms with Gasteiger partial charge in [0, 0.05) is 31.1 Å². The number of nitrogens with one attached hydrogen (secondary N) is 1. The number of nitrogens with zero attached hydrogens (tertiary/aromatic N) is 1. The number of rotatable bonds is 7. The van der Waals surface area contributed by atoms with Gasteiger partial charge >= 0.3 is 6.03 Å². The van der Waals surface area contributed by atoms with Crippen LogP contribution in [0.15, 0.2) is 54.6 Å². The van der Waals surface area contributed by atoms with E-state index in [0.717, 1.165) is 25.1 Å². The fourth-order valence-corrected chi connectivity index (χ4v) is 3.36. The van der Waals surface area contributed by atoms with Crippen molar-refractivity contribution in [1.82, 2.24) is 10.2 Å². The number of ether oxygens (including phenoxy) is 1. The number of ketones is 1. The Balaban J connectivity index is 1.55. The van der Waals surface area contributed by atoms with E-state index in [2.05, 4.69) is 10.2 Å². The van der Waals surface area contributed by atoms with Gasteiger partial charge in [0.2, 0.25) is 0 Å². The van der Waals surface area contributed by atoms with Crippen LogP contribution in [0.3, 0.4) is 0 Å². The Labute approximate surface area is 159 Å². The van der Waals surface area contributed by atoms with Crippen molar-refractivity contribution in [2.75, 3.05) is 26.2 Å². The number of primary amides is 1. The Morgan fingerprint density at radius 1 is 1.07 bits per heavy atom. The normalized spacial score (nSPS) is 17.3. The molecule has 27 heavy (non-hydrogen) atoms. The highest BCUT2D eigenvalue weighted by molar-refractivity contribution is 5.98. The summed E-state index contributed by atoms with van der Waals surface area (Å²) < 4.78 is 5.78. The molecule has 1 heterocycles. The zero-order valence-corrected chi connectivity index (χ0v) is 15.3. The molecule has 0 bridgehead atoms. The number of hydrogen-bond acceptors (Lipinski definition) is 4. The molecule has 1 aliphatic rings. The van der Waals surface area contributed by atoms with Gasteiger partial charge in [-0.2, -0.15) is 0 Å². The first-order valence-corrected chi connectivity index (χ1v) is 9.24. The minimum Gasteiger partial charge on any atom is -0.457 e. The third kappa shape index (κ3) is 5.56. The monoisotopic (exact) mass is 367 g/mol. The fourth-order valence-electron chi connectivity index (χ4n) is 3.36. The Kier molecular flexibility index (Phi) is 6.44. The second-order valence-corrected chi connectivity index (χ2v) is 6.73. The fraction of sp³-hybridized carbons (Fsp3) is 0.333. The quantitative estimate of drug-likeness (QED) is 0.737. The van der Waals surface area contributed by atoms with Gasteiger partial charge in [-0.15, -0.1) is 0 Å². The Bertz CT molecular complexity index is 762. The molecule has 3 N–H and O–H groups in total. The zero-order chi connectivity index (χ0) is 19.1. The van der Waals surface area contributed by atoms with Crippen LogP contribution >= 0.6 is 0 Å². The van der Waals surface area contributed by atoms with Crippen LogP contribution in [0.2, 0.25) is 0 Å². The number of carbonyl (C=O) groups excluding carboxylic acids is 2. The van der Waals surface area contributed by atoms with E-state index in [0.29, 0.717) is 30.9 Å². The molecule has 6 heteroatoms. The van der Waals surface area contributed by atoms with Gasteiger partial charge in [0.15, 0.2) is 5.78 Å². The molecule has 1 saturated heterocycles. The molecule has 1 aliphatic heterocycles. The lowest BCUT2D eigenvalue weighted by atomic mass is 9.90. The summed E-state index contributed by atoms with van der Waals surface area (Å²) in [4.78, 5) is 25.8. The van der Waals surface area contributed by atoms with Crippen LogP contribution < -0.4 is 15.8 Å². The van der Waals surface area contributed by atoms with Gasteiger partial charge in [-0.25, -0.2) is 4.79 Å². The lowest BCUT2D eigenvalue weighted by molar-refractivity contribution is 0.0821. The Morgan fingerprint density at radius 3 is 2.48 bits per heavy atom. The van der Waals surface area contributed by atoms with Crippen molar-refractivity contribution in [3.8, 4) is 11.5 Å². The van der Waals surface area contributed by atoms with Crippen LogP contribution in [-0.2, 0) is 0 Å². The van der Waals surface area contributed by atoms with Crippen LogP contribution in [0.25, 0.3) is 0 Å². The number of piperidine rings is 1. The molecule has 2 aromatic carbocycles. The number of likely N-dealkylation sites (tertiary alicyclic amines) is 1. The van der Waals surface area contributed by atoms with E-state index < -0.39 is 6.03 Å². The van der Waals surface area contributed by atoms with E-state index in [-0.39, 0.29) is 11.7 Å². The van der Waals surface area contributed by atoms with E-state index in [1.54, 1.807) is 0 Å². The van der Waals surface area contributed by atoms with Crippen LogP contribution in [0, 0.1) is 5.92 Å². The van der Waals surface area contributed by atoms with Crippen molar-refractivity contribution in [3.05, 3.63) is 60.2 Å². The number of benzene rings is 2. The maximum Gasteiger partial charge on any atom is 0.312 e. The van der Waals surface area contributed by atoms with Crippen LogP contribution in [0.5, 0.6) is 11.5 Å². The van der Waals surface area contributed by atoms with Crippen molar-refractivity contribution in [1.29, 1.82) is 0 Å². The molecule has 0 aliphatic carbocycles. The number of hydrogen-bond donors (Lipinski definition) is 2. The molecule has 1 fully saturated rings. The molecule has 1 atom stereocenters. The summed E-state index contributed by atoms with van der Waals surface area (Å²) in [6.07, 6.45) is 1.86. The summed E-state index contributed by atoms with van der Waals surface area (Å²) in [6, 6.07) is 16.4. The maximum absolute atomic E-state index is 12.8. The first-order chi connectivity index (χ1) is 13.1. The molecule has 0 aromatic heterocycles. The summed E-state index contributed by atoms with van der Waals surface area (Å²) in [5.74, 6) is 1.62. The molecule has 0 radical (unpaired) electrons. The maximum atomic E-state index is 12.8. The van der Waals surface area contributed by atoms with Crippen molar-refractivity contribution in [2.45, 2.75) is 12.8 Å². The third-order valence-corrected chi connectivity index (χ3v) is 4.72. The molecule has 2 amide bonds. The first kappa shape index (κ1) is 18.9. The number of urea groups is 1. The number of Topliss-reactive ketones (excluding diaryl/α,β-unsaturated/α-hetero) is 1. The lowest BCUT2D eigenvalue weighted by Gasteiger charge is -2.31. The van der Waals surface area contributed by atoms with E-state index in [1.165, 1.54) is 0 Å². The first-order valence-electron chi connectivity index (χ1n) is 9.24. The molecular weight excluding hydrogens is 342 g/mol. The molecule has 6 nitrogen and oxygen atoms in total. The summed E-state index contributed by atoms with van der Waals surface area (Å²) in [5, 5.41) is 2.59. The predicted molar refractivity (Wildman–Crippen MR) is 104 cm³/mol. The highest BCUT2D eigenvalue weighted by atomic mass is 16.5. The number of para-hydroxylation sites is 1. The van der Waals surface area contributed by atoms with Gasteiger partial charge in [-0.05, 0) is 55.8 Å². The zero-order valence-electron chi connectivity index (χ0n) is 15.3. The van der Waals surface area contributed by atoms with E-state index in [4.69, 9.17) is 10.5 Å². The van der Waals surface area contributed by atoms with Gasteiger partial charge < -0.3 is 20.7 Å². The van der Waals surface area contributed by atoms with Crippen molar-refractivity contribution < 1.29 is 14.3 Å². The van der Waals surface area contributed by atoms with Crippen molar-refractivity contribution in [3.63, 3.8) is 0 Å². The molecule has 0 spiro atoms. The minimum atomic E-state index is -0.516. The van der Waals surface area contributed by atoms with Crippen LogP contribution in [0.1, 0.15) is 23.2 Å². The topological polar surface area (TPSA) is 84.7 Å². The molecule has 0 saturated carbocycles. The highest BCUT2D eigenvalue weighted by Gasteiger charge is 2.26. The molecule has 3 rings (SSSR count). The van der Waals surface area contributed by atoms with Crippen LogP contribution in [0.4, 0.5) is 4.79 Å². The number of amides is 2. The van der Waals surface area contributed by atoms with Crippen LogP contribution in [-0.4, -0.2) is 42.9 Å². The van der Waals surface area contributed by atoms with Crippen molar-refractivity contribution >= 4 is 11.8 Å². The average Bonchev–Trinajstić information content (AvgIpc) is 2.69. The SMILES string of the molecule is NC(=O)NCCN1CCC[C@@H](C(=O)c2ccc(Oc3ccccc3)cc2)C1. The van der Waals surface area contributed by atoms with Gasteiger partial charge in [0.05, 0.1) is 0 Å². The molecule has 142 valence electrons. The van der Waals surface area contributed by atoms with Gasteiger partial charge in [-0.3, -0.25) is 4.79 Å². The summed E-state index contributed by atoms with van der Waals surface area (Å²) in [7, 11) is 0. The third-order valence-electron chi connectivity index (χ3n) is 4.72. The second-order valence-electron chi connectivity index (χ2n) is 6.73. The second kappa shape index (κ2) is 9.19. The highest BCUT2D eigenvalue weighted by Crippen LogP contribution is 2.24. The summed E-state index contributed by atoms with van der Waals surface area (Å²) in [5.41, 5.74) is 5.79. The minimum absolute atomic E-state index is 0.0202. The van der Waals surface area contributed by atoms with E-state index in [9.17, 15) is 9.59 Å². The Hall–Kier alpha value is -2.86. The molecule has 0 unspecified atom stereocenters. The Morgan fingerprint density at radius 2 is 1.78 bits per heavy atom. The summed E-state index contributed by atoms with van der Waals surface area (Å²) >= 11 is 0. The average molecular weight is 367 g/mol. The largest absolute Gasteiger partial charge is 0.457 e. The lowest BCUT2D eigenvalue weighted by Crippen LogP contribution is -2.43. The smallest absolute Gasteiger partial charge is 0.312 e. The standard InChI is InChI=1S/C21H25N3O3/c22-21(26)23-12-14-24-13-4-5-17(15-24)20(25)16-8-10-19(11-9-16)27-18-6-2-1-3-7-18/h1-3,6-11,17H,4-5,12-15H2,(H3,22,23,26)/t17-/m1/s1. The predicted octanol–water partition coefficient (Wildman–Crippen LogP) is 3.04. The van der Waals surface area contributed by atoms with Crippen molar-refractivity contribution in [2.24, 2.45) is 11.7 Å². The van der Waals surface area contributed by atoms with E-state index in [1.807, 2.05) is 54.6 Å². The summed E-state index contributed by atoms with van der Waals surface area (Å²) in [6.45, 7) is 2.86. The van der Waals surface area contributed by atoms with E-state index >= 15 is 0 Å². The van der Waals surface area contributed by atoms with Gasteiger partial charge in [-0.1, -0.05) is 18.2 Å². The number of carbonyl (C=O) groups is 2. The van der Waals surface area contributed by atoms with Gasteiger partial charge in [0.25, 0.3) is 0 Å².